The molecular weight excluding hydrogens is 757 g/mol. The first kappa shape index (κ1) is 58.4. The van der Waals surface area contributed by atoms with Crippen molar-refractivity contribution < 1.29 is 28.6 Å². The van der Waals surface area contributed by atoms with E-state index in [1.807, 2.05) is 0 Å². The van der Waals surface area contributed by atoms with Crippen molar-refractivity contribution in [1.29, 1.82) is 0 Å². The highest BCUT2D eigenvalue weighted by Crippen LogP contribution is 2.15. The zero-order chi connectivity index (χ0) is 44.4. The van der Waals surface area contributed by atoms with E-state index in [4.69, 9.17) is 14.2 Å². The summed E-state index contributed by atoms with van der Waals surface area (Å²) in [5, 5.41) is 0. The first-order valence-electron chi connectivity index (χ1n) is 26.2. The summed E-state index contributed by atoms with van der Waals surface area (Å²) in [7, 11) is 0. The number of rotatable bonds is 47. The molecule has 0 N–H and O–H groups in total. The second-order valence-corrected chi connectivity index (χ2v) is 17.5. The van der Waals surface area contributed by atoms with Crippen LogP contribution < -0.4 is 0 Å². The minimum absolute atomic E-state index is 0.0812. The van der Waals surface area contributed by atoms with Crippen LogP contribution in [0.5, 0.6) is 0 Å². The number of ether oxygens (including phenoxy) is 3. The van der Waals surface area contributed by atoms with Gasteiger partial charge in [-0.05, 0) is 64.2 Å². The molecule has 1 atom stereocenters. The molecule has 6 heteroatoms. The van der Waals surface area contributed by atoms with Crippen molar-refractivity contribution in [3.05, 3.63) is 48.6 Å². The fraction of sp³-hybridized carbons (Fsp3) is 0.800. The highest BCUT2D eigenvalue weighted by Gasteiger charge is 2.19. The van der Waals surface area contributed by atoms with Crippen molar-refractivity contribution >= 4 is 17.9 Å². The minimum atomic E-state index is -0.781. The molecule has 0 aliphatic rings. The molecule has 0 radical (unpaired) electrons. The standard InChI is InChI=1S/C55H98O6/c1-4-7-10-13-16-19-22-24-25-26-27-28-29-31-33-36-39-42-45-48-54(57)60-51-52(50-59-53(56)47-44-41-38-35-32-21-18-15-12-9-6-3)61-55(58)49-46-43-40-37-34-30-23-20-17-14-11-8-5-2/h15-16,18-19,21-22,24,32,52H,4-14,17,20,23,25-31,33-51H2,1-3H3/b18-15-,19-16-,24-22-,32-21-. The van der Waals surface area contributed by atoms with E-state index in [0.717, 1.165) is 70.6 Å². The Hall–Kier alpha value is -2.63. The highest BCUT2D eigenvalue weighted by molar-refractivity contribution is 5.71. The molecule has 0 spiro atoms. The predicted octanol–water partition coefficient (Wildman–Crippen LogP) is 17.1. The number of esters is 3. The third kappa shape index (κ3) is 48.3. The van der Waals surface area contributed by atoms with E-state index >= 15 is 0 Å². The van der Waals surface area contributed by atoms with E-state index in [1.54, 1.807) is 0 Å². The third-order valence-corrected chi connectivity index (χ3v) is 11.4. The molecule has 0 amide bonds. The van der Waals surface area contributed by atoms with Gasteiger partial charge in [0.1, 0.15) is 13.2 Å². The minimum Gasteiger partial charge on any atom is -0.462 e. The lowest BCUT2D eigenvalue weighted by Crippen LogP contribution is -2.30. The summed E-state index contributed by atoms with van der Waals surface area (Å²) >= 11 is 0. The molecule has 1 unspecified atom stereocenters. The van der Waals surface area contributed by atoms with Crippen molar-refractivity contribution in [3.63, 3.8) is 0 Å². The van der Waals surface area contributed by atoms with Crippen LogP contribution in [0.3, 0.4) is 0 Å². The average molecular weight is 855 g/mol. The maximum absolute atomic E-state index is 12.8. The van der Waals surface area contributed by atoms with Gasteiger partial charge in [0.15, 0.2) is 6.10 Å². The zero-order valence-electron chi connectivity index (χ0n) is 40.4. The largest absolute Gasteiger partial charge is 0.462 e. The molecule has 0 bridgehead atoms. The van der Waals surface area contributed by atoms with E-state index in [-0.39, 0.29) is 31.1 Å². The second-order valence-electron chi connectivity index (χ2n) is 17.5. The molecule has 0 saturated heterocycles. The SMILES string of the molecule is CCCC/C=C\C=C/CCCCCC(=O)OCC(COC(=O)CCCCCCCCCCCC/C=C\C=C/CCCCC)OC(=O)CCCCCCCCCCCCCCC. The van der Waals surface area contributed by atoms with E-state index < -0.39 is 6.10 Å². The van der Waals surface area contributed by atoms with Crippen LogP contribution in [0.4, 0.5) is 0 Å². The Morgan fingerprint density at radius 1 is 0.328 bits per heavy atom. The van der Waals surface area contributed by atoms with Crippen molar-refractivity contribution in [2.24, 2.45) is 0 Å². The van der Waals surface area contributed by atoms with Gasteiger partial charge in [-0.25, -0.2) is 0 Å². The van der Waals surface area contributed by atoms with Crippen LogP contribution in [-0.2, 0) is 28.6 Å². The molecular formula is C55H98O6. The van der Waals surface area contributed by atoms with Crippen LogP contribution in [0.15, 0.2) is 48.6 Å². The van der Waals surface area contributed by atoms with Gasteiger partial charge in [0.05, 0.1) is 0 Å². The molecule has 0 aromatic carbocycles. The van der Waals surface area contributed by atoms with E-state index in [0.29, 0.717) is 19.3 Å². The summed E-state index contributed by atoms with van der Waals surface area (Å²) in [6.07, 6.45) is 59.5. The van der Waals surface area contributed by atoms with Gasteiger partial charge in [-0.3, -0.25) is 14.4 Å². The van der Waals surface area contributed by atoms with Gasteiger partial charge >= 0.3 is 17.9 Å². The molecule has 0 aromatic heterocycles. The lowest BCUT2D eigenvalue weighted by molar-refractivity contribution is -0.167. The molecule has 0 aliphatic heterocycles. The first-order valence-corrected chi connectivity index (χ1v) is 26.2. The fourth-order valence-electron chi connectivity index (χ4n) is 7.35. The molecule has 0 aromatic rings. The topological polar surface area (TPSA) is 78.9 Å². The second kappa shape index (κ2) is 50.0. The lowest BCUT2D eigenvalue weighted by atomic mass is 10.0. The highest BCUT2D eigenvalue weighted by atomic mass is 16.6. The quantitative estimate of drug-likeness (QED) is 0.0263. The molecule has 61 heavy (non-hydrogen) atoms. The van der Waals surface area contributed by atoms with Gasteiger partial charge in [-0.15, -0.1) is 0 Å². The maximum atomic E-state index is 12.8. The van der Waals surface area contributed by atoms with Crippen molar-refractivity contribution in [2.45, 2.75) is 271 Å². The number of carbonyl (C=O) groups is 3. The number of unbranched alkanes of at least 4 members (excludes halogenated alkanes) is 30. The van der Waals surface area contributed by atoms with Gasteiger partial charge < -0.3 is 14.2 Å². The molecule has 0 rings (SSSR count). The number of carbonyl (C=O) groups excluding carboxylic acids is 3. The van der Waals surface area contributed by atoms with Gasteiger partial charge in [0.2, 0.25) is 0 Å². The Balaban J connectivity index is 4.33. The maximum Gasteiger partial charge on any atom is 0.306 e. The Bertz CT molecular complexity index is 1070. The smallest absolute Gasteiger partial charge is 0.306 e. The van der Waals surface area contributed by atoms with Crippen LogP contribution in [0.25, 0.3) is 0 Å². The Morgan fingerprint density at radius 2 is 0.590 bits per heavy atom. The van der Waals surface area contributed by atoms with E-state index in [9.17, 15) is 14.4 Å². The number of hydrogen-bond acceptors (Lipinski definition) is 6. The number of allylic oxidation sites excluding steroid dienone is 8. The summed E-state index contributed by atoms with van der Waals surface area (Å²) in [6.45, 7) is 6.54. The van der Waals surface area contributed by atoms with Gasteiger partial charge in [0.25, 0.3) is 0 Å². The lowest BCUT2D eigenvalue weighted by Gasteiger charge is -2.18. The normalized spacial score (nSPS) is 12.4. The van der Waals surface area contributed by atoms with E-state index in [2.05, 4.69) is 69.4 Å². The van der Waals surface area contributed by atoms with E-state index in [1.165, 1.54) is 154 Å². The molecule has 6 nitrogen and oxygen atoms in total. The van der Waals surface area contributed by atoms with Crippen LogP contribution in [0.2, 0.25) is 0 Å². The number of hydrogen-bond donors (Lipinski definition) is 0. The van der Waals surface area contributed by atoms with Crippen LogP contribution in [0.1, 0.15) is 265 Å². The van der Waals surface area contributed by atoms with Crippen molar-refractivity contribution in [2.75, 3.05) is 13.2 Å². The predicted molar refractivity (Wildman–Crippen MR) is 261 cm³/mol. The Labute approximate surface area is 378 Å². The first-order chi connectivity index (χ1) is 30.0. The molecule has 0 saturated carbocycles. The van der Waals surface area contributed by atoms with Gasteiger partial charge in [0, 0.05) is 19.3 Å². The zero-order valence-corrected chi connectivity index (χ0v) is 40.4. The molecule has 0 fully saturated rings. The van der Waals surface area contributed by atoms with Crippen LogP contribution >= 0.6 is 0 Å². The summed E-state index contributed by atoms with van der Waals surface area (Å²) in [5.41, 5.74) is 0. The summed E-state index contributed by atoms with van der Waals surface area (Å²) in [5.74, 6) is -0.906. The summed E-state index contributed by atoms with van der Waals surface area (Å²) in [4.78, 5) is 37.9. The van der Waals surface area contributed by atoms with Crippen molar-refractivity contribution in [3.8, 4) is 0 Å². The average Bonchev–Trinajstić information content (AvgIpc) is 3.26. The summed E-state index contributed by atoms with van der Waals surface area (Å²) < 4.78 is 16.8. The Morgan fingerprint density at radius 3 is 0.967 bits per heavy atom. The van der Waals surface area contributed by atoms with Crippen LogP contribution in [-0.4, -0.2) is 37.2 Å². The molecule has 354 valence electrons. The molecule has 0 aliphatic carbocycles. The molecule has 0 heterocycles. The summed E-state index contributed by atoms with van der Waals surface area (Å²) in [6, 6.07) is 0. The monoisotopic (exact) mass is 855 g/mol. The van der Waals surface area contributed by atoms with Gasteiger partial charge in [-0.2, -0.15) is 0 Å². The fourth-order valence-corrected chi connectivity index (χ4v) is 7.35. The Kier molecular flexibility index (Phi) is 47.9. The van der Waals surface area contributed by atoms with Gasteiger partial charge in [-0.1, -0.05) is 230 Å². The van der Waals surface area contributed by atoms with Crippen LogP contribution in [0, 0.1) is 0 Å². The van der Waals surface area contributed by atoms with Crippen molar-refractivity contribution in [1.82, 2.24) is 0 Å². The third-order valence-electron chi connectivity index (χ3n) is 11.4.